The number of aldehydes is 1. The zero-order valence-corrected chi connectivity index (χ0v) is 10.1. The van der Waals surface area contributed by atoms with E-state index in [4.69, 9.17) is 17.2 Å². The zero-order chi connectivity index (χ0) is 14.1. The Morgan fingerprint density at radius 3 is 1.74 bits per heavy atom. The van der Waals surface area contributed by atoms with E-state index in [1.807, 2.05) is 30.3 Å². The van der Waals surface area contributed by atoms with Crippen LogP contribution in [0, 0.1) is 0 Å². The molecule has 2 rings (SSSR count). The fraction of sp³-hybridized carbons (Fsp3) is 0. The summed E-state index contributed by atoms with van der Waals surface area (Å²) < 4.78 is 0. The minimum absolute atomic E-state index is 0.0417. The number of anilines is 3. The van der Waals surface area contributed by atoms with Gasteiger partial charge in [-0.3, -0.25) is 4.79 Å². The van der Waals surface area contributed by atoms with E-state index < -0.39 is 0 Å². The summed E-state index contributed by atoms with van der Waals surface area (Å²) in [6.07, 6.45) is 4.02. The Morgan fingerprint density at radius 2 is 1.32 bits per heavy atom. The maximum absolute atomic E-state index is 9.89. The molecule has 0 atom stereocenters. The minimum atomic E-state index is 0.0417. The maximum Gasteiger partial charge on any atom is 0.226 e. The molecule has 0 unspecified atom stereocenters. The zero-order valence-electron chi connectivity index (χ0n) is 10.1. The second kappa shape index (κ2) is 7.38. The van der Waals surface area contributed by atoms with E-state index >= 15 is 0 Å². The van der Waals surface area contributed by atoms with Crippen LogP contribution in [0.4, 0.5) is 17.8 Å². The fourth-order valence-corrected chi connectivity index (χ4v) is 1.14. The topological polar surface area (TPSA) is 134 Å². The number of aromatic nitrogens is 3. The first-order valence-electron chi connectivity index (χ1n) is 5.31. The van der Waals surface area contributed by atoms with Crippen molar-refractivity contribution >= 4 is 30.2 Å². The first-order valence-corrected chi connectivity index (χ1v) is 5.31. The van der Waals surface area contributed by atoms with Crippen LogP contribution < -0.4 is 17.2 Å². The normalized spacial score (nSPS) is 9.68. The fourth-order valence-electron chi connectivity index (χ4n) is 1.14. The number of hydrogen-bond acceptors (Lipinski definition) is 7. The Hall–Kier alpha value is -2.96. The molecule has 0 radical (unpaired) electrons. The third-order valence-electron chi connectivity index (χ3n) is 1.85. The number of rotatable bonds is 2. The van der Waals surface area contributed by atoms with Gasteiger partial charge in [0.25, 0.3) is 0 Å². The molecule has 0 amide bonds. The summed E-state index contributed by atoms with van der Waals surface area (Å²) in [5.41, 5.74) is 16.5. The third kappa shape index (κ3) is 5.78. The van der Waals surface area contributed by atoms with Gasteiger partial charge in [0.15, 0.2) is 0 Å². The molecule has 0 aliphatic rings. The smallest absolute Gasteiger partial charge is 0.226 e. The van der Waals surface area contributed by atoms with E-state index in [0.717, 1.165) is 11.8 Å². The van der Waals surface area contributed by atoms with Crippen LogP contribution in [0.3, 0.4) is 0 Å². The third-order valence-corrected chi connectivity index (χ3v) is 1.85. The number of nitrogen functional groups attached to an aromatic ring is 3. The lowest BCUT2D eigenvalue weighted by molar-refractivity contribution is -0.104. The van der Waals surface area contributed by atoms with Crippen LogP contribution in [0.1, 0.15) is 5.56 Å². The maximum atomic E-state index is 9.89. The van der Waals surface area contributed by atoms with Crippen molar-refractivity contribution in [3.63, 3.8) is 0 Å². The monoisotopic (exact) mass is 258 g/mol. The van der Waals surface area contributed by atoms with Crippen molar-refractivity contribution in [2.45, 2.75) is 0 Å². The van der Waals surface area contributed by atoms with Crippen LogP contribution in [0.15, 0.2) is 36.4 Å². The summed E-state index contributed by atoms with van der Waals surface area (Å²) >= 11 is 0. The highest BCUT2D eigenvalue weighted by molar-refractivity contribution is 5.73. The highest BCUT2D eigenvalue weighted by atomic mass is 16.1. The van der Waals surface area contributed by atoms with Gasteiger partial charge in [-0.25, -0.2) is 0 Å². The van der Waals surface area contributed by atoms with Crippen LogP contribution in [0.25, 0.3) is 6.08 Å². The molecule has 0 bridgehead atoms. The number of hydrogen-bond donors (Lipinski definition) is 3. The Kier molecular flexibility index (Phi) is 5.48. The molecule has 1 aromatic carbocycles. The summed E-state index contributed by atoms with van der Waals surface area (Å²) in [6, 6.07) is 9.70. The van der Waals surface area contributed by atoms with Crippen LogP contribution in [-0.2, 0) is 4.79 Å². The molecule has 1 aromatic heterocycles. The molecule has 0 saturated heterocycles. The number of carbonyl (C=O) groups excluding carboxylic acids is 1. The van der Waals surface area contributed by atoms with Gasteiger partial charge in [-0.15, -0.1) is 0 Å². The minimum Gasteiger partial charge on any atom is -0.368 e. The van der Waals surface area contributed by atoms with E-state index in [1.54, 1.807) is 6.08 Å². The van der Waals surface area contributed by atoms with Crippen molar-refractivity contribution in [2.75, 3.05) is 17.2 Å². The summed E-state index contributed by atoms with van der Waals surface area (Å²) in [4.78, 5) is 20.4. The molecule has 2 aromatic rings. The van der Waals surface area contributed by atoms with E-state index in [2.05, 4.69) is 15.0 Å². The van der Waals surface area contributed by atoms with Gasteiger partial charge < -0.3 is 17.2 Å². The molecule has 0 saturated carbocycles. The standard InChI is InChI=1S/C9H8O.C3H6N6/c10-8-4-7-9-5-2-1-3-6-9;4-1-7-2(5)9-3(6)8-1/h1-8H;(H6,4,5,6,7,8,9). The first kappa shape index (κ1) is 14.1. The van der Waals surface area contributed by atoms with E-state index in [0.29, 0.717) is 0 Å². The van der Waals surface area contributed by atoms with Gasteiger partial charge in [0.2, 0.25) is 17.8 Å². The van der Waals surface area contributed by atoms with Crippen molar-refractivity contribution in [3.05, 3.63) is 42.0 Å². The van der Waals surface area contributed by atoms with Crippen LogP contribution >= 0.6 is 0 Å². The highest BCUT2D eigenvalue weighted by Gasteiger charge is 1.93. The molecular formula is C12H14N6O. The van der Waals surface area contributed by atoms with Gasteiger partial charge in [0.1, 0.15) is 6.29 Å². The molecule has 1 heterocycles. The van der Waals surface area contributed by atoms with Crippen molar-refractivity contribution in [1.29, 1.82) is 0 Å². The summed E-state index contributed by atoms with van der Waals surface area (Å²) in [5.74, 6) is 0.125. The number of nitrogens with zero attached hydrogens (tertiary/aromatic N) is 3. The molecule has 0 aliphatic heterocycles. The number of carbonyl (C=O) groups is 1. The van der Waals surface area contributed by atoms with E-state index in [-0.39, 0.29) is 17.8 Å². The number of nitrogens with two attached hydrogens (primary N) is 3. The van der Waals surface area contributed by atoms with Crippen LogP contribution in [0.2, 0.25) is 0 Å². The molecule has 98 valence electrons. The van der Waals surface area contributed by atoms with Gasteiger partial charge in [-0.1, -0.05) is 36.4 Å². The molecule has 19 heavy (non-hydrogen) atoms. The Labute approximate surface area is 110 Å². The first-order chi connectivity index (χ1) is 9.11. The van der Waals surface area contributed by atoms with Gasteiger partial charge in [0, 0.05) is 0 Å². The van der Waals surface area contributed by atoms with Gasteiger partial charge in [-0.05, 0) is 11.6 Å². The molecule has 6 N–H and O–H groups in total. The van der Waals surface area contributed by atoms with Crippen LogP contribution in [0.5, 0.6) is 0 Å². The lowest BCUT2D eigenvalue weighted by Gasteiger charge is -1.93. The number of allylic oxidation sites excluding steroid dienone is 1. The van der Waals surface area contributed by atoms with E-state index in [1.165, 1.54) is 6.08 Å². The molecule has 0 aliphatic carbocycles. The molecule has 7 nitrogen and oxygen atoms in total. The van der Waals surface area contributed by atoms with Crippen molar-refractivity contribution < 1.29 is 4.79 Å². The Morgan fingerprint density at radius 1 is 0.842 bits per heavy atom. The second-order valence-electron chi connectivity index (χ2n) is 3.32. The average Bonchev–Trinajstić information content (AvgIpc) is 2.36. The lowest BCUT2D eigenvalue weighted by atomic mass is 10.2. The molecule has 7 heteroatoms. The summed E-state index contributed by atoms with van der Waals surface area (Å²) in [5, 5.41) is 0. The molecule has 0 spiro atoms. The molecular weight excluding hydrogens is 244 g/mol. The van der Waals surface area contributed by atoms with Gasteiger partial charge >= 0.3 is 0 Å². The number of benzene rings is 1. The summed E-state index contributed by atoms with van der Waals surface area (Å²) in [6.45, 7) is 0. The quantitative estimate of drug-likeness (QED) is 0.528. The van der Waals surface area contributed by atoms with E-state index in [9.17, 15) is 4.79 Å². The predicted octanol–water partition coefficient (Wildman–Crippen LogP) is 0.517. The highest BCUT2D eigenvalue weighted by Crippen LogP contribution is 1.99. The van der Waals surface area contributed by atoms with Crippen molar-refractivity contribution in [2.24, 2.45) is 0 Å². The summed E-state index contributed by atoms with van der Waals surface area (Å²) in [7, 11) is 0. The Balaban J connectivity index is 0.000000191. The second-order valence-corrected chi connectivity index (χ2v) is 3.32. The van der Waals surface area contributed by atoms with Gasteiger partial charge in [0.05, 0.1) is 0 Å². The van der Waals surface area contributed by atoms with Gasteiger partial charge in [-0.2, -0.15) is 15.0 Å². The van der Waals surface area contributed by atoms with Crippen molar-refractivity contribution in [1.82, 2.24) is 15.0 Å². The van der Waals surface area contributed by atoms with Crippen molar-refractivity contribution in [3.8, 4) is 0 Å². The lowest BCUT2D eigenvalue weighted by Crippen LogP contribution is -2.05. The largest absolute Gasteiger partial charge is 0.368 e. The predicted molar refractivity (Wildman–Crippen MR) is 74.6 cm³/mol. The Bertz CT molecular complexity index is 505. The average molecular weight is 258 g/mol. The van der Waals surface area contributed by atoms with Crippen LogP contribution in [-0.4, -0.2) is 21.2 Å². The SMILES string of the molecule is Nc1nc(N)nc(N)n1.O=CC=Cc1ccccc1. The molecule has 0 fully saturated rings.